The van der Waals surface area contributed by atoms with E-state index in [4.69, 9.17) is 0 Å². The van der Waals surface area contributed by atoms with Crippen molar-refractivity contribution in [3.05, 3.63) is 59.7 Å². The van der Waals surface area contributed by atoms with E-state index in [1.54, 1.807) is 17.0 Å². The second kappa shape index (κ2) is 6.78. The molecule has 1 fully saturated rings. The molecule has 1 saturated heterocycles. The Morgan fingerprint density at radius 2 is 1.83 bits per heavy atom. The molecule has 24 heavy (non-hydrogen) atoms. The van der Waals surface area contributed by atoms with Crippen molar-refractivity contribution in [1.82, 2.24) is 0 Å². The number of carbonyl (C=O) groups is 2. The molecule has 0 unspecified atom stereocenters. The van der Waals surface area contributed by atoms with Crippen LogP contribution in [-0.4, -0.2) is 18.4 Å². The average Bonchev–Trinajstić information content (AvgIpc) is 2.98. The van der Waals surface area contributed by atoms with Gasteiger partial charge in [0.25, 0.3) is 0 Å². The first-order valence-electron chi connectivity index (χ1n) is 7.67. The lowest BCUT2D eigenvalue weighted by Crippen LogP contribution is -2.23. The molecular weight excluding hydrogens is 314 g/mol. The number of amides is 2. The summed E-state index contributed by atoms with van der Waals surface area (Å²) in [5.41, 5.74) is 1.80. The minimum absolute atomic E-state index is 0.104. The Morgan fingerprint density at radius 3 is 2.46 bits per heavy atom. The normalized spacial score (nSPS) is 14.1. The standard InChI is InChI=1S/C18H16F2N2O2/c19-15-8-5-13(11-16(15)20)21-17(23)10-12-3-6-14(7-4-12)22-9-1-2-18(22)24/h3-8,11H,1-2,9-10H2,(H,21,23). The van der Waals surface area contributed by atoms with Gasteiger partial charge in [0.2, 0.25) is 11.8 Å². The second-order valence-electron chi connectivity index (χ2n) is 5.67. The zero-order valence-corrected chi connectivity index (χ0v) is 12.9. The Morgan fingerprint density at radius 1 is 1.08 bits per heavy atom. The molecule has 3 rings (SSSR count). The highest BCUT2D eigenvalue weighted by atomic mass is 19.2. The number of hydrogen-bond acceptors (Lipinski definition) is 2. The number of nitrogens with one attached hydrogen (secondary N) is 1. The Labute approximate surface area is 138 Å². The van der Waals surface area contributed by atoms with Gasteiger partial charge in [0.05, 0.1) is 6.42 Å². The van der Waals surface area contributed by atoms with Gasteiger partial charge in [-0.3, -0.25) is 9.59 Å². The van der Waals surface area contributed by atoms with E-state index in [9.17, 15) is 18.4 Å². The maximum Gasteiger partial charge on any atom is 0.228 e. The van der Waals surface area contributed by atoms with Crippen LogP contribution in [0, 0.1) is 11.6 Å². The lowest BCUT2D eigenvalue weighted by atomic mass is 10.1. The van der Waals surface area contributed by atoms with E-state index in [1.165, 1.54) is 6.07 Å². The second-order valence-corrected chi connectivity index (χ2v) is 5.67. The molecule has 1 heterocycles. The van der Waals surface area contributed by atoms with Gasteiger partial charge in [-0.05, 0) is 36.2 Å². The average molecular weight is 330 g/mol. The fraction of sp³-hybridized carbons (Fsp3) is 0.222. The molecule has 124 valence electrons. The monoisotopic (exact) mass is 330 g/mol. The molecule has 6 heteroatoms. The minimum atomic E-state index is -1.01. The van der Waals surface area contributed by atoms with Crippen LogP contribution in [0.1, 0.15) is 18.4 Å². The van der Waals surface area contributed by atoms with Gasteiger partial charge in [0.15, 0.2) is 11.6 Å². The van der Waals surface area contributed by atoms with Gasteiger partial charge in [-0.2, -0.15) is 0 Å². The zero-order chi connectivity index (χ0) is 17.1. The molecular formula is C18H16F2N2O2. The van der Waals surface area contributed by atoms with E-state index in [1.807, 2.05) is 12.1 Å². The first-order chi connectivity index (χ1) is 11.5. The van der Waals surface area contributed by atoms with Crippen molar-refractivity contribution >= 4 is 23.2 Å². The molecule has 2 amide bonds. The topological polar surface area (TPSA) is 49.4 Å². The summed E-state index contributed by atoms with van der Waals surface area (Å²) in [4.78, 5) is 25.4. The molecule has 0 spiro atoms. The summed E-state index contributed by atoms with van der Waals surface area (Å²) < 4.78 is 26.0. The van der Waals surface area contributed by atoms with Crippen molar-refractivity contribution in [3.8, 4) is 0 Å². The Balaban J connectivity index is 1.62. The number of hydrogen-bond donors (Lipinski definition) is 1. The molecule has 2 aromatic carbocycles. The van der Waals surface area contributed by atoms with Crippen molar-refractivity contribution in [3.63, 3.8) is 0 Å². The third kappa shape index (κ3) is 3.59. The molecule has 1 aliphatic heterocycles. The van der Waals surface area contributed by atoms with E-state index in [2.05, 4.69) is 5.32 Å². The van der Waals surface area contributed by atoms with E-state index < -0.39 is 11.6 Å². The summed E-state index contributed by atoms with van der Waals surface area (Å²) in [5.74, 6) is -2.18. The van der Waals surface area contributed by atoms with Crippen LogP contribution < -0.4 is 10.2 Å². The van der Waals surface area contributed by atoms with Gasteiger partial charge in [-0.25, -0.2) is 8.78 Å². The first-order valence-corrected chi connectivity index (χ1v) is 7.67. The van der Waals surface area contributed by atoms with Crippen molar-refractivity contribution in [2.75, 3.05) is 16.8 Å². The Hall–Kier alpha value is -2.76. The molecule has 1 N–H and O–H groups in total. The molecule has 0 saturated carbocycles. The lowest BCUT2D eigenvalue weighted by molar-refractivity contribution is -0.117. The highest BCUT2D eigenvalue weighted by Gasteiger charge is 2.21. The third-order valence-electron chi connectivity index (χ3n) is 3.89. The van der Waals surface area contributed by atoms with Crippen LogP contribution in [0.25, 0.3) is 0 Å². The van der Waals surface area contributed by atoms with Gasteiger partial charge in [-0.15, -0.1) is 0 Å². The maximum atomic E-state index is 13.1. The van der Waals surface area contributed by atoms with E-state index in [0.29, 0.717) is 6.42 Å². The summed E-state index contributed by atoms with van der Waals surface area (Å²) in [6, 6.07) is 10.4. The van der Waals surface area contributed by atoms with Crippen LogP contribution in [-0.2, 0) is 16.0 Å². The zero-order valence-electron chi connectivity index (χ0n) is 12.9. The summed E-state index contributed by atoms with van der Waals surface area (Å²) in [6.07, 6.45) is 1.53. The van der Waals surface area contributed by atoms with Crippen molar-refractivity contribution in [1.29, 1.82) is 0 Å². The summed E-state index contributed by atoms with van der Waals surface area (Å²) in [7, 11) is 0. The number of carbonyl (C=O) groups excluding carboxylic acids is 2. The summed E-state index contributed by atoms with van der Waals surface area (Å²) in [6.45, 7) is 0.717. The molecule has 0 aliphatic carbocycles. The fourth-order valence-corrected chi connectivity index (χ4v) is 2.68. The smallest absolute Gasteiger partial charge is 0.228 e. The first kappa shape index (κ1) is 16.1. The lowest BCUT2D eigenvalue weighted by Gasteiger charge is -2.15. The van der Waals surface area contributed by atoms with Gasteiger partial charge in [-0.1, -0.05) is 12.1 Å². The molecule has 0 radical (unpaired) electrons. The quantitative estimate of drug-likeness (QED) is 0.935. The largest absolute Gasteiger partial charge is 0.326 e. The van der Waals surface area contributed by atoms with Crippen LogP contribution in [0.3, 0.4) is 0 Å². The van der Waals surface area contributed by atoms with Crippen molar-refractivity contribution in [2.45, 2.75) is 19.3 Å². The van der Waals surface area contributed by atoms with Crippen molar-refractivity contribution < 1.29 is 18.4 Å². The van der Waals surface area contributed by atoms with E-state index in [0.717, 1.165) is 36.3 Å². The van der Waals surface area contributed by atoms with Gasteiger partial charge in [0, 0.05) is 30.4 Å². The van der Waals surface area contributed by atoms with Gasteiger partial charge in [0.1, 0.15) is 0 Å². The van der Waals surface area contributed by atoms with E-state index in [-0.39, 0.29) is 23.9 Å². The molecule has 0 atom stereocenters. The molecule has 2 aromatic rings. The molecule has 0 bridgehead atoms. The fourth-order valence-electron chi connectivity index (χ4n) is 2.68. The predicted octanol–water partition coefficient (Wildman–Crippen LogP) is 3.27. The molecule has 4 nitrogen and oxygen atoms in total. The van der Waals surface area contributed by atoms with Crippen LogP contribution in [0.2, 0.25) is 0 Å². The Kier molecular flexibility index (Phi) is 4.55. The number of halogens is 2. The SMILES string of the molecule is O=C(Cc1ccc(N2CCCC2=O)cc1)Nc1ccc(F)c(F)c1. The molecule has 0 aromatic heterocycles. The van der Waals surface area contributed by atoms with E-state index >= 15 is 0 Å². The third-order valence-corrected chi connectivity index (χ3v) is 3.89. The maximum absolute atomic E-state index is 13.1. The molecule has 1 aliphatic rings. The predicted molar refractivity (Wildman–Crippen MR) is 86.7 cm³/mol. The minimum Gasteiger partial charge on any atom is -0.326 e. The van der Waals surface area contributed by atoms with Crippen LogP contribution in [0.4, 0.5) is 20.2 Å². The number of nitrogens with zero attached hydrogens (tertiary/aromatic N) is 1. The number of benzene rings is 2. The highest BCUT2D eigenvalue weighted by Crippen LogP contribution is 2.22. The van der Waals surface area contributed by atoms with Gasteiger partial charge < -0.3 is 10.2 Å². The van der Waals surface area contributed by atoms with Crippen LogP contribution in [0.5, 0.6) is 0 Å². The highest BCUT2D eigenvalue weighted by molar-refractivity contribution is 5.95. The van der Waals surface area contributed by atoms with Crippen molar-refractivity contribution in [2.24, 2.45) is 0 Å². The summed E-state index contributed by atoms with van der Waals surface area (Å²) in [5, 5.41) is 2.53. The number of rotatable bonds is 4. The van der Waals surface area contributed by atoms with Crippen LogP contribution >= 0.6 is 0 Å². The Bertz CT molecular complexity index is 775. The van der Waals surface area contributed by atoms with Crippen LogP contribution in [0.15, 0.2) is 42.5 Å². The summed E-state index contributed by atoms with van der Waals surface area (Å²) >= 11 is 0. The number of anilines is 2. The van der Waals surface area contributed by atoms with Gasteiger partial charge >= 0.3 is 0 Å².